The second-order valence-corrected chi connectivity index (χ2v) is 3.28. The molecule has 0 aromatic carbocycles. The van der Waals surface area contributed by atoms with E-state index in [2.05, 4.69) is 0 Å². The van der Waals surface area contributed by atoms with E-state index in [1.807, 2.05) is 13.8 Å². The maximum absolute atomic E-state index is 9.93. The molecule has 2 unspecified atom stereocenters. The van der Waals surface area contributed by atoms with Gasteiger partial charge in [0.15, 0.2) is 0 Å². The van der Waals surface area contributed by atoms with E-state index >= 15 is 0 Å². The van der Waals surface area contributed by atoms with Gasteiger partial charge in [-0.3, -0.25) is 4.79 Å². The van der Waals surface area contributed by atoms with Gasteiger partial charge in [0.1, 0.15) is 0 Å². The Morgan fingerprint density at radius 2 is 1.47 bits per heavy atom. The van der Waals surface area contributed by atoms with Crippen molar-refractivity contribution in [1.29, 1.82) is 0 Å². The second kappa shape index (κ2) is 11.6. The molecule has 15 heavy (non-hydrogen) atoms. The average Bonchev–Trinajstić information content (AvgIpc) is 2.15. The van der Waals surface area contributed by atoms with E-state index < -0.39 is 11.9 Å². The average molecular weight is 210 g/mol. The summed E-state index contributed by atoms with van der Waals surface area (Å²) >= 11 is 0. The summed E-state index contributed by atoms with van der Waals surface area (Å²) in [6.45, 7) is 7.01. The minimum absolute atomic E-state index is 0. The Labute approximate surface area is 103 Å². The van der Waals surface area contributed by atoms with Crippen LogP contribution in [0.25, 0.3) is 0 Å². The van der Waals surface area contributed by atoms with Crippen molar-refractivity contribution in [2.75, 3.05) is 0 Å². The normalized spacial score (nSPS) is 12.5. The fraction of sp³-hybridized carbons (Fsp3) is 0.800. The third-order valence-electron chi connectivity index (χ3n) is 2.05. The van der Waals surface area contributed by atoms with Gasteiger partial charge in [-0.25, -0.2) is 0 Å². The molecule has 0 amide bonds. The summed E-state index contributed by atoms with van der Waals surface area (Å²) < 4.78 is 0. The van der Waals surface area contributed by atoms with Crippen LogP contribution in [0, 0.1) is 11.8 Å². The number of carbonyl (C=O) groups is 2. The first-order chi connectivity index (χ1) is 6.36. The summed E-state index contributed by atoms with van der Waals surface area (Å²) in [6.07, 6.45) is 1.37. The number of carboxylic acids is 2. The van der Waals surface area contributed by atoms with Gasteiger partial charge in [0.25, 0.3) is 0 Å². The van der Waals surface area contributed by atoms with Crippen LogP contribution in [0.1, 0.15) is 40.5 Å². The number of rotatable bonds is 4. The Morgan fingerprint density at radius 3 is 1.47 bits per heavy atom. The molecule has 0 aliphatic carbocycles. The first-order valence-corrected chi connectivity index (χ1v) is 4.80. The van der Waals surface area contributed by atoms with Crippen molar-refractivity contribution < 1.29 is 38.7 Å². The molecule has 2 atom stereocenters. The molecule has 0 bridgehead atoms. The van der Waals surface area contributed by atoms with Crippen LogP contribution in [0.5, 0.6) is 0 Å². The first-order valence-electron chi connectivity index (χ1n) is 4.80. The van der Waals surface area contributed by atoms with Crippen LogP contribution in [0.4, 0.5) is 0 Å². The van der Waals surface area contributed by atoms with E-state index in [1.54, 1.807) is 13.8 Å². The number of carbonyl (C=O) groups excluding carboxylic acids is 1. The number of hydrogen-bond acceptors (Lipinski definition) is 3. The van der Waals surface area contributed by atoms with Gasteiger partial charge in [-0.05, 0) is 18.8 Å². The van der Waals surface area contributed by atoms with Crippen LogP contribution < -0.4 is 24.0 Å². The maximum Gasteiger partial charge on any atom is 1.00 e. The van der Waals surface area contributed by atoms with Gasteiger partial charge < -0.3 is 15.0 Å². The quantitative estimate of drug-likeness (QED) is 0.539. The molecule has 0 aliphatic heterocycles. The van der Waals surface area contributed by atoms with Gasteiger partial charge in [-0.1, -0.05) is 27.7 Å². The zero-order chi connectivity index (χ0) is 11.7. The van der Waals surface area contributed by atoms with E-state index in [0.29, 0.717) is 6.42 Å². The molecule has 1 N–H and O–H groups in total. The Kier molecular flexibility index (Phi) is 15.5. The van der Waals surface area contributed by atoms with Crippen LogP contribution in [0.15, 0.2) is 0 Å². The number of hydrogen-bond donors (Lipinski definition) is 1. The smallest absolute Gasteiger partial charge is 0.550 e. The summed E-state index contributed by atoms with van der Waals surface area (Å²) in [4.78, 5) is 19.7. The fourth-order valence-corrected chi connectivity index (χ4v) is 0.341. The molecule has 4 nitrogen and oxygen atoms in total. The molecule has 0 saturated carbocycles. The topological polar surface area (TPSA) is 77.4 Å². The van der Waals surface area contributed by atoms with E-state index in [1.165, 1.54) is 0 Å². The molecule has 0 fully saturated rings. The molecule has 0 aromatic heterocycles. The standard InChI is InChI=1S/2C5H10O2.Li/c2*1-3-4(2)5(6)7;/h2*4H,3H2,1-2H3,(H,6,7);/q;;+1/p-1. The molecular weight excluding hydrogens is 191 g/mol. The molecule has 0 heterocycles. The van der Waals surface area contributed by atoms with Gasteiger partial charge in [0.2, 0.25) is 0 Å². The summed E-state index contributed by atoms with van der Waals surface area (Å²) in [5.74, 6) is -2.13. The minimum Gasteiger partial charge on any atom is -0.550 e. The van der Waals surface area contributed by atoms with E-state index in [4.69, 9.17) is 5.11 Å². The Bertz CT molecular complexity index is 162. The zero-order valence-corrected chi connectivity index (χ0v) is 10.2. The van der Waals surface area contributed by atoms with E-state index in [-0.39, 0.29) is 30.7 Å². The molecule has 0 spiro atoms. The van der Waals surface area contributed by atoms with Crippen molar-refractivity contribution in [1.82, 2.24) is 0 Å². The number of aliphatic carboxylic acids is 2. The Balaban J connectivity index is -0.000000180. The van der Waals surface area contributed by atoms with Crippen LogP contribution in [0.2, 0.25) is 0 Å². The second-order valence-electron chi connectivity index (χ2n) is 3.28. The van der Waals surface area contributed by atoms with Crippen LogP contribution >= 0.6 is 0 Å². The Hall–Kier alpha value is -0.463. The van der Waals surface area contributed by atoms with Gasteiger partial charge in [-0.15, -0.1) is 0 Å². The maximum atomic E-state index is 9.93. The molecule has 0 saturated heterocycles. The van der Waals surface area contributed by atoms with Crippen LogP contribution in [0.3, 0.4) is 0 Å². The van der Waals surface area contributed by atoms with Crippen molar-refractivity contribution in [3.63, 3.8) is 0 Å². The van der Waals surface area contributed by atoms with Gasteiger partial charge in [0.05, 0.1) is 5.92 Å². The molecule has 0 radical (unpaired) electrons. The van der Waals surface area contributed by atoms with Crippen molar-refractivity contribution in [3.8, 4) is 0 Å². The summed E-state index contributed by atoms with van der Waals surface area (Å²) in [5.41, 5.74) is 0. The molecular formula is C10H19LiO4. The van der Waals surface area contributed by atoms with Crippen molar-refractivity contribution >= 4 is 11.9 Å². The van der Waals surface area contributed by atoms with Crippen LogP contribution in [-0.4, -0.2) is 17.0 Å². The largest absolute Gasteiger partial charge is 1.00 e. The fourth-order valence-electron chi connectivity index (χ4n) is 0.341. The zero-order valence-electron chi connectivity index (χ0n) is 10.2. The molecule has 84 valence electrons. The molecule has 0 aliphatic rings. The summed E-state index contributed by atoms with van der Waals surface area (Å²) in [6, 6.07) is 0. The van der Waals surface area contributed by atoms with Crippen molar-refractivity contribution in [2.24, 2.45) is 11.8 Å². The summed E-state index contributed by atoms with van der Waals surface area (Å²) in [7, 11) is 0. The third-order valence-corrected chi connectivity index (χ3v) is 2.05. The first kappa shape index (κ1) is 20.0. The van der Waals surface area contributed by atoms with E-state index in [0.717, 1.165) is 6.42 Å². The third kappa shape index (κ3) is 13.5. The van der Waals surface area contributed by atoms with Gasteiger partial charge >= 0.3 is 24.8 Å². The monoisotopic (exact) mass is 210 g/mol. The van der Waals surface area contributed by atoms with Crippen LogP contribution in [-0.2, 0) is 9.59 Å². The van der Waals surface area contributed by atoms with Gasteiger partial charge in [-0.2, -0.15) is 0 Å². The molecule has 5 heteroatoms. The predicted octanol–water partition coefficient (Wildman–Crippen LogP) is -2.10. The van der Waals surface area contributed by atoms with Gasteiger partial charge in [0, 0.05) is 5.97 Å². The molecule has 0 rings (SSSR count). The summed E-state index contributed by atoms with van der Waals surface area (Å²) in [5, 5.41) is 18.0. The minimum atomic E-state index is -0.956. The van der Waals surface area contributed by atoms with Crippen molar-refractivity contribution in [2.45, 2.75) is 40.5 Å². The Morgan fingerprint density at radius 1 is 1.13 bits per heavy atom. The number of carboxylic acid groups (broad SMARTS) is 2. The SMILES string of the molecule is CCC(C)C(=O)O.CCC(C)C(=O)[O-].[Li+]. The van der Waals surface area contributed by atoms with E-state index in [9.17, 15) is 14.7 Å². The van der Waals surface area contributed by atoms with Crippen molar-refractivity contribution in [3.05, 3.63) is 0 Å². The predicted molar refractivity (Wildman–Crippen MR) is 51.6 cm³/mol. The molecule has 0 aromatic rings.